The number of nitrogens with two attached hydrogens (primary N) is 1. The highest BCUT2D eigenvalue weighted by Gasteiger charge is 2.16. The number of benzene rings is 2. The summed E-state index contributed by atoms with van der Waals surface area (Å²) in [4.78, 5) is 19.9. The van der Waals surface area contributed by atoms with Gasteiger partial charge in [-0.3, -0.25) is 4.79 Å². The van der Waals surface area contributed by atoms with Crippen LogP contribution in [0.4, 0.5) is 0 Å². The summed E-state index contributed by atoms with van der Waals surface area (Å²) in [5.41, 5.74) is 7.21. The molecule has 0 heterocycles. The zero-order valence-corrected chi connectivity index (χ0v) is 17.7. The van der Waals surface area contributed by atoms with Gasteiger partial charge in [-0.15, -0.1) is 0 Å². The van der Waals surface area contributed by atoms with E-state index in [4.69, 9.17) is 10.5 Å². The summed E-state index contributed by atoms with van der Waals surface area (Å²) in [7, 11) is 0. The molecule has 1 amide bonds. The van der Waals surface area contributed by atoms with Crippen molar-refractivity contribution in [3.05, 3.63) is 78.7 Å². The van der Waals surface area contributed by atoms with Crippen LogP contribution < -0.4 is 11.1 Å². The first-order valence-electron chi connectivity index (χ1n) is 9.06. The summed E-state index contributed by atoms with van der Waals surface area (Å²) in [6.07, 6.45) is -1.20. The van der Waals surface area contributed by atoms with Gasteiger partial charge in [0.25, 0.3) is 0 Å². The molecule has 0 bridgehead atoms. The Kier molecular flexibility index (Phi) is 13.4. The maximum atomic E-state index is 10.8. The van der Waals surface area contributed by atoms with Gasteiger partial charge < -0.3 is 21.3 Å². The van der Waals surface area contributed by atoms with E-state index in [1.807, 2.05) is 60.7 Å². The first-order valence-corrected chi connectivity index (χ1v) is 9.44. The predicted octanol–water partition coefficient (Wildman–Crippen LogP) is 2.90. The Morgan fingerprint density at radius 1 is 0.931 bits per heavy atom. The standard InChI is InChI=1S/C11H15NO2.C9H13NO.C2H2ClO/c1-8(12-9(2)13)11(14)10-6-4-3-5-7-10;1-7(10)9(11)8-5-3-2-4-6-8;1-2(3)4/h3-8,11,14H,1-2H3,(H,12,13);2-7,9,11H,10H2,1H3;1H2/q;;+1/t8-,11-;7-,9-;/m00./s1. The third-order valence-corrected chi connectivity index (χ3v) is 3.68. The maximum absolute atomic E-state index is 10.8. The fourth-order valence-electron chi connectivity index (χ4n) is 2.29. The SMILES string of the molecule is CC(=O)N[C@@H](C)[C@H](O)c1ccccc1.C[C@H](N)[C@H](O)c1ccccc1.[CH2+]C(=O)Cl. The van der Waals surface area contributed by atoms with E-state index in [1.165, 1.54) is 6.92 Å². The minimum atomic E-state index is -0.653. The molecule has 0 aliphatic carbocycles. The molecule has 0 fully saturated rings. The van der Waals surface area contributed by atoms with E-state index in [2.05, 4.69) is 23.8 Å². The number of rotatable bonds is 5. The number of aliphatic hydroxyl groups excluding tert-OH is 2. The van der Waals surface area contributed by atoms with Crippen LogP contribution in [0.15, 0.2) is 60.7 Å². The van der Waals surface area contributed by atoms with E-state index >= 15 is 0 Å². The second kappa shape index (κ2) is 14.6. The average molecular weight is 422 g/mol. The van der Waals surface area contributed by atoms with Crippen LogP contribution in [0, 0.1) is 6.92 Å². The lowest BCUT2D eigenvalue weighted by atomic mass is 10.0. The van der Waals surface area contributed by atoms with Crippen LogP contribution in [0.5, 0.6) is 0 Å². The van der Waals surface area contributed by atoms with Gasteiger partial charge in [0.15, 0.2) is 6.92 Å². The summed E-state index contributed by atoms with van der Waals surface area (Å²) in [5, 5.41) is 21.3. The molecule has 0 saturated carbocycles. The number of amides is 1. The Bertz CT molecular complexity index is 707. The van der Waals surface area contributed by atoms with Gasteiger partial charge >= 0.3 is 5.24 Å². The number of aliphatic hydroxyl groups is 2. The smallest absolute Gasteiger partial charge is 0.387 e. The van der Waals surface area contributed by atoms with Crippen molar-refractivity contribution in [1.82, 2.24) is 5.32 Å². The topological polar surface area (TPSA) is 113 Å². The quantitative estimate of drug-likeness (QED) is 0.438. The third-order valence-electron chi connectivity index (χ3n) is 3.68. The van der Waals surface area contributed by atoms with Crippen molar-refractivity contribution in [3.8, 4) is 0 Å². The van der Waals surface area contributed by atoms with Gasteiger partial charge in [-0.05, 0) is 25.0 Å². The molecule has 29 heavy (non-hydrogen) atoms. The zero-order chi connectivity index (χ0) is 22.4. The van der Waals surface area contributed by atoms with Crippen LogP contribution in [0.1, 0.15) is 44.1 Å². The molecule has 0 radical (unpaired) electrons. The predicted molar refractivity (Wildman–Crippen MR) is 116 cm³/mol. The van der Waals surface area contributed by atoms with E-state index in [0.717, 1.165) is 11.1 Å². The average Bonchev–Trinajstić information content (AvgIpc) is 2.67. The lowest BCUT2D eigenvalue weighted by Gasteiger charge is -2.19. The molecule has 0 aliphatic rings. The summed E-state index contributed by atoms with van der Waals surface area (Å²) < 4.78 is 0. The second-order valence-corrected chi connectivity index (χ2v) is 6.84. The molecule has 0 unspecified atom stereocenters. The van der Waals surface area contributed by atoms with Gasteiger partial charge in [0.1, 0.15) is 0 Å². The van der Waals surface area contributed by atoms with Gasteiger partial charge in [-0.25, -0.2) is 4.79 Å². The fraction of sp³-hybridized carbons (Fsp3) is 0.318. The van der Waals surface area contributed by atoms with E-state index in [1.54, 1.807) is 13.8 Å². The monoisotopic (exact) mass is 421 g/mol. The van der Waals surface area contributed by atoms with Crippen molar-refractivity contribution in [2.75, 3.05) is 0 Å². The van der Waals surface area contributed by atoms with E-state index in [-0.39, 0.29) is 18.0 Å². The normalized spacial score (nSPS) is 13.9. The molecule has 7 heteroatoms. The van der Waals surface area contributed by atoms with Gasteiger partial charge in [-0.2, -0.15) is 0 Å². The molecule has 5 N–H and O–H groups in total. The van der Waals surface area contributed by atoms with Crippen molar-refractivity contribution < 1.29 is 19.8 Å². The van der Waals surface area contributed by atoms with Crippen molar-refractivity contribution >= 4 is 22.8 Å². The minimum absolute atomic E-state index is 0.132. The second-order valence-electron chi connectivity index (χ2n) is 6.41. The minimum Gasteiger partial charge on any atom is -0.387 e. The summed E-state index contributed by atoms with van der Waals surface area (Å²) >= 11 is 4.52. The summed E-state index contributed by atoms with van der Waals surface area (Å²) in [6.45, 7) is 7.77. The number of carbonyl (C=O) groups is 2. The molecular formula is C22H30ClN2O4+. The maximum Gasteiger partial charge on any atom is 0.396 e. The fourth-order valence-corrected chi connectivity index (χ4v) is 2.29. The Hall–Kier alpha value is -2.38. The first-order chi connectivity index (χ1) is 13.6. The Morgan fingerprint density at radius 3 is 1.59 bits per heavy atom. The van der Waals surface area contributed by atoms with Crippen molar-refractivity contribution in [2.45, 2.75) is 45.1 Å². The van der Waals surface area contributed by atoms with E-state index in [9.17, 15) is 15.0 Å². The van der Waals surface area contributed by atoms with Crippen LogP contribution in [0.2, 0.25) is 0 Å². The third kappa shape index (κ3) is 12.6. The zero-order valence-electron chi connectivity index (χ0n) is 17.0. The van der Waals surface area contributed by atoms with E-state index in [0.29, 0.717) is 0 Å². The van der Waals surface area contributed by atoms with Crippen LogP contribution in [-0.2, 0) is 9.59 Å². The lowest BCUT2D eigenvalue weighted by molar-refractivity contribution is -0.120. The number of hydrogen-bond donors (Lipinski definition) is 4. The number of nitrogens with one attached hydrogen (secondary N) is 1. The highest BCUT2D eigenvalue weighted by molar-refractivity contribution is 6.64. The molecular weight excluding hydrogens is 392 g/mol. The van der Waals surface area contributed by atoms with Crippen LogP contribution in [0.25, 0.3) is 0 Å². The Labute approximate surface area is 177 Å². The molecule has 6 nitrogen and oxygen atoms in total. The molecule has 2 rings (SSSR count). The number of carbonyl (C=O) groups excluding carboxylic acids is 2. The Balaban J connectivity index is 0.000000466. The molecule has 0 aliphatic heterocycles. The molecule has 0 saturated heterocycles. The summed E-state index contributed by atoms with van der Waals surface area (Å²) in [5.74, 6) is -0.132. The van der Waals surface area contributed by atoms with Crippen LogP contribution >= 0.6 is 11.6 Å². The first kappa shape index (κ1) is 26.6. The molecule has 2 aromatic rings. The lowest BCUT2D eigenvalue weighted by Crippen LogP contribution is -2.35. The van der Waals surface area contributed by atoms with Gasteiger partial charge in [-0.1, -0.05) is 60.7 Å². The molecule has 158 valence electrons. The molecule has 4 atom stereocenters. The number of halogens is 1. The largest absolute Gasteiger partial charge is 0.396 e. The summed E-state index contributed by atoms with van der Waals surface area (Å²) in [6, 6.07) is 18.2. The van der Waals surface area contributed by atoms with E-state index < -0.39 is 17.5 Å². The van der Waals surface area contributed by atoms with Gasteiger partial charge in [0.05, 0.1) is 18.2 Å². The van der Waals surface area contributed by atoms with Crippen LogP contribution in [0.3, 0.4) is 0 Å². The number of hydrogen-bond acceptors (Lipinski definition) is 5. The van der Waals surface area contributed by atoms with Gasteiger partial charge in [0, 0.05) is 24.6 Å². The van der Waals surface area contributed by atoms with Gasteiger partial charge in [0.2, 0.25) is 5.91 Å². The highest BCUT2D eigenvalue weighted by Crippen LogP contribution is 2.15. The Morgan fingerprint density at radius 2 is 1.28 bits per heavy atom. The van der Waals surface area contributed by atoms with Crippen molar-refractivity contribution in [1.29, 1.82) is 0 Å². The van der Waals surface area contributed by atoms with Crippen molar-refractivity contribution in [3.63, 3.8) is 0 Å². The molecule has 2 aromatic carbocycles. The molecule has 0 aromatic heterocycles. The van der Waals surface area contributed by atoms with Crippen molar-refractivity contribution in [2.24, 2.45) is 5.73 Å². The van der Waals surface area contributed by atoms with Crippen LogP contribution in [-0.4, -0.2) is 33.4 Å². The molecule has 0 spiro atoms. The highest BCUT2D eigenvalue weighted by atomic mass is 35.5.